The molecule has 1 heterocycles. The van der Waals surface area contributed by atoms with Gasteiger partial charge in [0.2, 0.25) is 0 Å². The summed E-state index contributed by atoms with van der Waals surface area (Å²) in [6.07, 6.45) is 1.24. The van der Waals surface area contributed by atoms with Crippen molar-refractivity contribution in [2.45, 2.75) is 12.5 Å². The Morgan fingerprint density at radius 3 is 2.92 bits per heavy atom. The van der Waals surface area contributed by atoms with Crippen molar-refractivity contribution in [2.75, 3.05) is 13.2 Å². The predicted octanol–water partition coefficient (Wildman–Crippen LogP) is 1.65. The first-order valence-corrected chi connectivity index (χ1v) is 4.16. The number of benzene rings is 1. The van der Waals surface area contributed by atoms with Gasteiger partial charge in [0, 0.05) is 6.42 Å². The van der Waals surface area contributed by atoms with Crippen molar-refractivity contribution in [1.29, 1.82) is 0 Å². The van der Waals surface area contributed by atoms with Gasteiger partial charge in [-0.1, -0.05) is 12.1 Å². The highest BCUT2D eigenvalue weighted by Gasteiger charge is 2.16. The Labute approximate surface area is 72.1 Å². The van der Waals surface area contributed by atoms with Crippen molar-refractivity contribution >= 4 is 0 Å². The highest BCUT2D eigenvalue weighted by atomic mass is 16.5. The molecule has 1 aromatic carbocycles. The summed E-state index contributed by atoms with van der Waals surface area (Å²) in [5.74, 6) is 0.907. The Morgan fingerprint density at radius 2 is 2.25 bits per heavy atom. The van der Waals surface area contributed by atoms with E-state index in [4.69, 9.17) is 9.47 Å². The molecule has 1 fully saturated rings. The SMILES string of the molecule is [c]1ccc(O[C@H]2CCOC2)cc1. The minimum atomic E-state index is 0.243. The Bertz CT molecular complexity index is 227. The van der Waals surface area contributed by atoms with Gasteiger partial charge >= 0.3 is 0 Å². The molecule has 0 aromatic heterocycles. The molecule has 1 aliphatic heterocycles. The Kier molecular flexibility index (Phi) is 2.28. The first-order valence-electron chi connectivity index (χ1n) is 4.16. The van der Waals surface area contributed by atoms with Crippen LogP contribution in [-0.4, -0.2) is 19.3 Å². The van der Waals surface area contributed by atoms with E-state index in [0.29, 0.717) is 0 Å². The quantitative estimate of drug-likeness (QED) is 0.660. The topological polar surface area (TPSA) is 18.5 Å². The minimum absolute atomic E-state index is 0.243. The standard InChI is InChI=1S/C10H11O2/c1-2-4-9(5-3-1)12-10-6-7-11-8-10/h2-5,10H,6-8H2/t10-/m0/s1. The second-order valence-corrected chi connectivity index (χ2v) is 2.84. The fourth-order valence-corrected chi connectivity index (χ4v) is 1.25. The van der Waals surface area contributed by atoms with E-state index >= 15 is 0 Å². The summed E-state index contributed by atoms with van der Waals surface area (Å²) < 4.78 is 10.8. The van der Waals surface area contributed by atoms with Crippen molar-refractivity contribution in [1.82, 2.24) is 0 Å². The number of rotatable bonds is 2. The van der Waals surface area contributed by atoms with Crippen molar-refractivity contribution in [3.63, 3.8) is 0 Å². The van der Waals surface area contributed by atoms with Gasteiger partial charge < -0.3 is 9.47 Å². The maximum absolute atomic E-state index is 5.63. The van der Waals surface area contributed by atoms with Gasteiger partial charge in [0.15, 0.2) is 0 Å². The largest absolute Gasteiger partial charge is 0.488 e. The van der Waals surface area contributed by atoms with Crippen LogP contribution in [0.15, 0.2) is 24.3 Å². The fourth-order valence-electron chi connectivity index (χ4n) is 1.25. The molecule has 0 amide bonds. The van der Waals surface area contributed by atoms with Crippen LogP contribution in [0.1, 0.15) is 6.42 Å². The second-order valence-electron chi connectivity index (χ2n) is 2.84. The molecule has 1 aromatic rings. The van der Waals surface area contributed by atoms with Crippen LogP contribution in [-0.2, 0) is 4.74 Å². The zero-order valence-corrected chi connectivity index (χ0v) is 6.82. The van der Waals surface area contributed by atoms with Crippen LogP contribution in [0.3, 0.4) is 0 Å². The van der Waals surface area contributed by atoms with Crippen molar-refractivity contribution in [3.8, 4) is 5.75 Å². The molecule has 0 bridgehead atoms. The molecule has 1 aliphatic rings. The average molecular weight is 163 g/mol. The van der Waals surface area contributed by atoms with E-state index in [2.05, 4.69) is 6.07 Å². The summed E-state index contributed by atoms with van der Waals surface area (Å²) in [7, 11) is 0. The second kappa shape index (κ2) is 3.59. The lowest BCUT2D eigenvalue weighted by molar-refractivity contribution is 0.141. The van der Waals surface area contributed by atoms with Crippen LogP contribution in [0, 0.1) is 6.07 Å². The zero-order chi connectivity index (χ0) is 8.23. The van der Waals surface area contributed by atoms with Gasteiger partial charge in [-0.3, -0.25) is 0 Å². The van der Waals surface area contributed by atoms with E-state index in [9.17, 15) is 0 Å². The molecular formula is C10H11O2. The molecule has 2 heteroatoms. The van der Waals surface area contributed by atoms with Gasteiger partial charge in [-0.25, -0.2) is 0 Å². The van der Waals surface area contributed by atoms with Crippen molar-refractivity contribution < 1.29 is 9.47 Å². The molecular weight excluding hydrogens is 152 g/mol. The molecule has 0 spiro atoms. The third-order valence-electron chi connectivity index (χ3n) is 1.88. The van der Waals surface area contributed by atoms with Crippen LogP contribution in [0.4, 0.5) is 0 Å². The molecule has 1 radical (unpaired) electrons. The van der Waals surface area contributed by atoms with E-state index in [-0.39, 0.29) is 6.10 Å². The summed E-state index contributed by atoms with van der Waals surface area (Å²) in [5, 5.41) is 0. The summed E-state index contributed by atoms with van der Waals surface area (Å²) in [6.45, 7) is 1.54. The Morgan fingerprint density at radius 1 is 1.42 bits per heavy atom. The fraction of sp³-hybridized carbons (Fsp3) is 0.400. The van der Waals surface area contributed by atoms with E-state index < -0.39 is 0 Å². The monoisotopic (exact) mass is 163 g/mol. The molecule has 0 saturated carbocycles. The molecule has 0 unspecified atom stereocenters. The van der Waals surface area contributed by atoms with Gasteiger partial charge in [0.1, 0.15) is 11.9 Å². The summed E-state index contributed by atoms with van der Waals surface area (Å²) >= 11 is 0. The number of hydrogen-bond acceptors (Lipinski definition) is 2. The lowest BCUT2D eigenvalue weighted by Crippen LogP contribution is -2.15. The molecule has 2 nitrogen and oxygen atoms in total. The average Bonchev–Trinajstić information content (AvgIpc) is 2.59. The first-order chi connectivity index (χ1) is 5.95. The van der Waals surface area contributed by atoms with E-state index in [1.807, 2.05) is 24.3 Å². The molecule has 1 atom stereocenters. The lowest BCUT2D eigenvalue weighted by atomic mass is 10.3. The van der Waals surface area contributed by atoms with Crippen LogP contribution < -0.4 is 4.74 Å². The summed E-state index contributed by atoms with van der Waals surface area (Å²) in [4.78, 5) is 0. The number of ether oxygens (including phenoxy) is 2. The van der Waals surface area contributed by atoms with Gasteiger partial charge in [0.25, 0.3) is 0 Å². The molecule has 2 rings (SSSR count). The minimum Gasteiger partial charge on any atom is -0.488 e. The van der Waals surface area contributed by atoms with Crippen molar-refractivity contribution in [3.05, 3.63) is 30.3 Å². The van der Waals surface area contributed by atoms with E-state index in [1.165, 1.54) is 0 Å². The zero-order valence-electron chi connectivity index (χ0n) is 6.82. The van der Waals surface area contributed by atoms with Crippen molar-refractivity contribution in [2.24, 2.45) is 0 Å². The Hall–Kier alpha value is -1.02. The summed E-state index contributed by atoms with van der Waals surface area (Å²) in [5.41, 5.74) is 0. The third kappa shape index (κ3) is 1.77. The maximum atomic E-state index is 5.63. The van der Waals surface area contributed by atoms with Gasteiger partial charge in [-0.05, 0) is 18.2 Å². The highest BCUT2D eigenvalue weighted by molar-refractivity contribution is 5.20. The van der Waals surface area contributed by atoms with Crippen LogP contribution in [0.5, 0.6) is 5.75 Å². The van der Waals surface area contributed by atoms with Gasteiger partial charge in [-0.2, -0.15) is 0 Å². The molecule has 63 valence electrons. The molecule has 0 N–H and O–H groups in total. The van der Waals surface area contributed by atoms with Crippen LogP contribution in [0.2, 0.25) is 0 Å². The first kappa shape index (κ1) is 7.62. The normalized spacial score (nSPS) is 22.5. The molecule has 12 heavy (non-hydrogen) atoms. The van der Waals surface area contributed by atoms with Crippen LogP contribution in [0.25, 0.3) is 0 Å². The lowest BCUT2D eigenvalue weighted by Gasteiger charge is -2.10. The van der Waals surface area contributed by atoms with E-state index in [0.717, 1.165) is 25.4 Å². The van der Waals surface area contributed by atoms with Gasteiger partial charge in [-0.15, -0.1) is 0 Å². The Balaban J connectivity index is 1.94. The molecule has 0 aliphatic carbocycles. The maximum Gasteiger partial charge on any atom is 0.124 e. The number of hydrogen-bond donors (Lipinski definition) is 0. The third-order valence-corrected chi connectivity index (χ3v) is 1.88. The smallest absolute Gasteiger partial charge is 0.124 e. The van der Waals surface area contributed by atoms with E-state index in [1.54, 1.807) is 0 Å². The highest BCUT2D eigenvalue weighted by Crippen LogP contribution is 2.15. The van der Waals surface area contributed by atoms with Gasteiger partial charge in [0.05, 0.1) is 13.2 Å². The van der Waals surface area contributed by atoms with Crippen LogP contribution >= 0.6 is 0 Å². The predicted molar refractivity (Wildman–Crippen MR) is 45.1 cm³/mol. The summed E-state index contributed by atoms with van der Waals surface area (Å²) in [6, 6.07) is 10.5. The molecule has 1 saturated heterocycles.